The number of nitrogens with one attached hydrogen (secondary N) is 1. The molecule has 1 aromatic carbocycles. The second-order valence-electron chi connectivity index (χ2n) is 5.98. The average Bonchev–Trinajstić information content (AvgIpc) is 2.56. The molecule has 0 spiro atoms. The van der Waals surface area contributed by atoms with Crippen molar-refractivity contribution in [1.29, 1.82) is 0 Å². The summed E-state index contributed by atoms with van der Waals surface area (Å²) in [5, 5.41) is 2.32. The lowest BCUT2D eigenvalue weighted by Gasteiger charge is -2.20. The van der Waals surface area contributed by atoms with Crippen LogP contribution in [0.4, 0.5) is 8.78 Å². The molecule has 0 aliphatic rings. The normalized spacial score (nSPS) is 13.6. The van der Waals surface area contributed by atoms with Gasteiger partial charge in [0.1, 0.15) is 6.61 Å². The molecule has 25 heavy (non-hydrogen) atoms. The highest BCUT2D eigenvalue weighted by Gasteiger charge is 2.26. The molecular formula is C17H24F2N2O4. The van der Waals surface area contributed by atoms with Gasteiger partial charge in [-0.25, -0.2) is 4.79 Å². The summed E-state index contributed by atoms with van der Waals surface area (Å²) >= 11 is 0. The van der Waals surface area contributed by atoms with E-state index in [1.165, 1.54) is 0 Å². The number of hydrogen-bond acceptors (Lipinski definition) is 5. The predicted octanol–water partition coefficient (Wildman–Crippen LogP) is 1.83. The summed E-state index contributed by atoms with van der Waals surface area (Å²) in [6.07, 6.45) is 0.396. The first kappa shape index (κ1) is 21.0. The van der Waals surface area contributed by atoms with Crippen LogP contribution in [-0.4, -0.2) is 37.2 Å². The van der Waals surface area contributed by atoms with Crippen molar-refractivity contribution in [3.8, 4) is 0 Å². The SMILES string of the molecule is CC(C)CC(N)C(=O)NC(COC(F)F)C(=O)OCc1ccccc1. The number of halogens is 2. The fourth-order valence-electron chi connectivity index (χ4n) is 2.06. The van der Waals surface area contributed by atoms with Crippen LogP contribution < -0.4 is 11.1 Å². The molecule has 0 aromatic heterocycles. The quantitative estimate of drug-likeness (QED) is 0.623. The zero-order chi connectivity index (χ0) is 18.8. The van der Waals surface area contributed by atoms with E-state index in [1.807, 2.05) is 13.8 Å². The third-order valence-corrected chi connectivity index (χ3v) is 3.28. The number of nitrogens with two attached hydrogens (primary N) is 1. The van der Waals surface area contributed by atoms with Gasteiger partial charge in [-0.15, -0.1) is 0 Å². The third kappa shape index (κ3) is 8.55. The molecule has 0 radical (unpaired) electrons. The highest BCUT2D eigenvalue weighted by Crippen LogP contribution is 2.06. The molecule has 0 saturated carbocycles. The van der Waals surface area contributed by atoms with Crippen LogP contribution >= 0.6 is 0 Å². The minimum absolute atomic E-state index is 0.0429. The minimum Gasteiger partial charge on any atom is -0.459 e. The van der Waals surface area contributed by atoms with Crippen molar-refractivity contribution in [3.63, 3.8) is 0 Å². The molecule has 0 aliphatic carbocycles. The number of carbonyl (C=O) groups is 2. The number of ether oxygens (including phenoxy) is 2. The van der Waals surface area contributed by atoms with Gasteiger partial charge in [-0.05, 0) is 17.9 Å². The molecule has 2 unspecified atom stereocenters. The summed E-state index contributed by atoms with van der Waals surface area (Å²) < 4.78 is 33.7. The molecule has 0 bridgehead atoms. The summed E-state index contributed by atoms with van der Waals surface area (Å²) in [5.41, 5.74) is 6.46. The van der Waals surface area contributed by atoms with Gasteiger partial charge in [0.15, 0.2) is 6.04 Å². The standard InChI is InChI=1S/C17H24F2N2O4/c1-11(2)8-13(20)15(22)21-14(10-25-17(18)19)16(23)24-9-12-6-4-3-5-7-12/h3-7,11,13-14,17H,8-10,20H2,1-2H3,(H,21,22). The van der Waals surface area contributed by atoms with Crippen LogP contribution in [0.3, 0.4) is 0 Å². The van der Waals surface area contributed by atoms with E-state index in [1.54, 1.807) is 30.3 Å². The van der Waals surface area contributed by atoms with Gasteiger partial charge in [0, 0.05) is 0 Å². The van der Waals surface area contributed by atoms with Crippen molar-refractivity contribution < 1.29 is 27.8 Å². The van der Waals surface area contributed by atoms with Crippen LogP contribution in [0.25, 0.3) is 0 Å². The van der Waals surface area contributed by atoms with E-state index in [-0.39, 0.29) is 12.5 Å². The number of benzene rings is 1. The molecule has 1 amide bonds. The molecule has 3 N–H and O–H groups in total. The average molecular weight is 358 g/mol. The molecule has 6 nitrogen and oxygen atoms in total. The van der Waals surface area contributed by atoms with Gasteiger partial charge < -0.3 is 20.5 Å². The maximum absolute atomic E-state index is 12.3. The number of hydrogen-bond donors (Lipinski definition) is 2. The van der Waals surface area contributed by atoms with Crippen molar-refractivity contribution >= 4 is 11.9 Å². The third-order valence-electron chi connectivity index (χ3n) is 3.28. The van der Waals surface area contributed by atoms with Gasteiger partial charge in [0.2, 0.25) is 5.91 Å². The predicted molar refractivity (Wildman–Crippen MR) is 87.6 cm³/mol. The maximum atomic E-state index is 12.3. The lowest BCUT2D eigenvalue weighted by molar-refractivity contribution is -0.161. The number of rotatable bonds is 10. The Kier molecular flexibility index (Phi) is 9.01. The largest absolute Gasteiger partial charge is 0.459 e. The Morgan fingerprint density at radius 2 is 1.84 bits per heavy atom. The second-order valence-corrected chi connectivity index (χ2v) is 5.98. The Morgan fingerprint density at radius 1 is 1.20 bits per heavy atom. The van der Waals surface area contributed by atoms with Gasteiger partial charge >= 0.3 is 12.6 Å². The number of esters is 1. The van der Waals surface area contributed by atoms with E-state index < -0.39 is 37.2 Å². The van der Waals surface area contributed by atoms with Crippen molar-refractivity contribution in [2.24, 2.45) is 11.7 Å². The van der Waals surface area contributed by atoms with Gasteiger partial charge in [0.05, 0.1) is 12.6 Å². The summed E-state index contributed by atoms with van der Waals surface area (Å²) in [6, 6.07) is 6.63. The first-order valence-corrected chi connectivity index (χ1v) is 7.95. The van der Waals surface area contributed by atoms with E-state index in [2.05, 4.69) is 10.1 Å². The maximum Gasteiger partial charge on any atom is 0.345 e. The zero-order valence-electron chi connectivity index (χ0n) is 14.3. The Bertz CT molecular complexity index is 541. The van der Waals surface area contributed by atoms with Gasteiger partial charge in [-0.3, -0.25) is 4.79 Å². The lowest BCUT2D eigenvalue weighted by atomic mass is 10.0. The summed E-state index contributed by atoms with van der Waals surface area (Å²) in [5.74, 6) is -1.32. The van der Waals surface area contributed by atoms with Gasteiger partial charge in [-0.1, -0.05) is 44.2 Å². The number of amides is 1. The summed E-state index contributed by atoms with van der Waals surface area (Å²) in [7, 11) is 0. The van der Waals surface area contributed by atoms with Crippen molar-refractivity contribution in [2.75, 3.05) is 6.61 Å². The lowest BCUT2D eigenvalue weighted by Crippen LogP contribution is -2.51. The molecule has 0 heterocycles. The van der Waals surface area contributed by atoms with Crippen LogP contribution in [0.2, 0.25) is 0 Å². The molecule has 1 rings (SSSR count). The van der Waals surface area contributed by atoms with Crippen LogP contribution in [-0.2, 0) is 25.7 Å². The van der Waals surface area contributed by atoms with Crippen LogP contribution in [0.5, 0.6) is 0 Å². The summed E-state index contributed by atoms with van der Waals surface area (Å²) in [4.78, 5) is 24.1. The van der Waals surface area contributed by atoms with E-state index in [9.17, 15) is 18.4 Å². The second kappa shape index (κ2) is 10.7. The zero-order valence-corrected chi connectivity index (χ0v) is 14.3. The molecule has 8 heteroatoms. The van der Waals surface area contributed by atoms with E-state index in [0.717, 1.165) is 5.56 Å². The highest BCUT2D eigenvalue weighted by molar-refractivity contribution is 5.87. The van der Waals surface area contributed by atoms with Crippen LogP contribution in [0.1, 0.15) is 25.8 Å². The minimum atomic E-state index is -3.06. The van der Waals surface area contributed by atoms with Crippen molar-refractivity contribution in [3.05, 3.63) is 35.9 Å². The van der Waals surface area contributed by atoms with E-state index >= 15 is 0 Å². The molecular weight excluding hydrogens is 334 g/mol. The first-order valence-electron chi connectivity index (χ1n) is 7.95. The fraction of sp³-hybridized carbons (Fsp3) is 0.529. The summed E-state index contributed by atoms with van der Waals surface area (Å²) in [6.45, 7) is -0.0349. The highest BCUT2D eigenvalue weighted by atomic mass is 19.3. The molecule has 140 valence electrons. The number of carbonyl (C=O) groups excluding carboxylic acids is 2. The van der Waals surface area contributed by atoms with Gasteiger partial charge in [-0.2, -0.15) is 8.78 Å². The van der Waals surface area contributed by atoms with Crippen LogP contribution in [0, 0.1) is 5.92 Å². The smallest absolute Gasteiger partial charge is 0.345 e. The molecule has 0 saturated heterocycles. The Morgan fingerprint density at radius 3 is 2.40 bits per heavy atom. The topological polar surface area (TPSA) is 90.7 Å². The van der Waals surface area contributed by atoms with Gasteiger partial charge in [0.25, 0.3) is 0 Å². The van der Waals surface area contributed by atoms with Crippen molar-refractivity contribution in [2.45, 2.75) is 45.6 Å². The Balaban J connectivity index is 2.64. The monoisotopic (exact) mass is 358 g/mol. The number of alkyl halides is 2. The first-order chi connectivity index (χ1) is 11.8. The molecule has 1 aromatic rings. The Labute approximate surface area is 145 Å². The molecule has 2 atom stereocenters. The van der Waals surface area contributed by atoms with Crippen LogP contribution in [0.15, 0.2) is 30.3 Å². The fourth-order valence-corrected chi connectivity index (χ4v) is 2.06. The van der Waals surface area contributed by atoms with Crippen molar-refractivity contribution in [1.82, 2.24) is 5.32 Å². The molecule has 0 fully saturated rings. The Hall–Kier alpha value is -2.06. The van der Waals surface area contributed by atoms with E-state index in [0.29, 0.717) is 6.42 Å². The van der Waals surface area contributed by atoms with E-state index in [4.69, 9.17) is 10.5 Å². The molecule has 0 aliphatic heterocycles.